The van der Waals surface area contributed by atoms with Crippen molar-refractivity contribution < 1.29 is 28.5 Å². The van der Waals surface area contributed by atoms with Crippen molar-refractivity contribution in [1.29, 1.82) is 0 Å². The molecule has 4 aliphatic rings. The third-order valence-corrected chi connectivity index (χ3v) is 7.13. The largest absolute Gasteiger partial charge is 0.357 e. The normalized spacial score (nSPS) is 34.1. The zero-order valence-electron chi connectivity index (χ0n) is 19.5. The fourth-order valence-corrected chi connectivity index (χ4v) is 5.49. The molecule has 184 valence electrons. The Labute approximate surface area is 203 Å². The van der Waals surface area contributed by atoms with E-state index in [1.165, 1.54) is 5.56 Å². The highest BCUT2D eigenvalue weighted by Crippen LogP contribution is 2.43. The van der Waals surface area contributed by atoms with Crippen LogP contribution in [0.15, 0.2) is 60.7 Å². The molecule has 0 saturated carbocycles. The first-order chi connectivity index (χ1) is 17.0. The molecular weight excluding hydrogens is 450 g/mol. The maximum absolute atomic E-state index is 13.7. The molecule has 0 radical (unpaired) electrons. The van der Waals surface area contributed by atoms with Crippen molar-refractivity contribution in [1.82, 2.24) is 15.1 Å². The lowest BCUT2D eigenvalue weighted by molar-refractivity contribution is -0.219. The third kappa shape index (κ3) is 4.13. The Kier molecular flexibility index (Phi) is 5.82. The first-order valence-corrected chi connectivity index (χ1v) is 12.0. The van der Waals surface area contributed by atoms with E-state index >= 15 is 0 Å². The summed E-state index contributed by atoms with van der Waals surface area (Å²) < 4.78 is 24.6. The van der Waals surface area contributed by atoms with Crippen LogP contribution in [0, 0.1) is 0 Å². The number of ether oxygens (including phenoxy) is 4. The number of carbonyl (C=O) groups is 2. The van der Waals surface area contributed by atoms with Crippen LogP contribution in [0.4, 0.5) is 0 Å². The van der Waals surface area contributed by atoms with Crippen LogP contribution >= 0.6 is 0 Å². The van der Waals surface area contributed by atoms with Crippen LogP contribution in [-0.2, 0) is 40.9 Å². The summed E-state index contributed by atoms with van der Waals surface area (Å²) in [5, 5.41) is 2.64. The molecule has 4 heterocycles. The van der Waals surface area contributed by atoms with Crippen molar-refractivity contribution in [3.05, 3.63) is 71.8 Å². The highest BCUT2D eigenvalue weighted by Gasteiger charge is 2.58. The van der Waals surface area contributed by atoms with Crippen LogP contribution in [-0.4, -0.2) is 85.5 Å². The Morgan fingerprint density at radius 2 is 1.66 bits per heavy atom. The molecule has 1 N–H and O–H groups in total. The number of hydrogen-bond donors (Lipinski definition) is 1. The van der Waals surface area contributed by atoms with Gasteiger partial charge in [0, 0.05) is 25.7 Å². The van der Waals surface area contributed by atoms with Crippen LogP contribution in [0.25, 0.3) is 0 Å². The monoisotopic (exact) mass is 479 g/mol. The molecule has 0 unspecified atom stereocenters. The molecular formula is C26H29N3O6. The van der Waals surface area contributed by atoms with Crippen molar-refractivity contribution in [3.63, 3.8) is 0 Å². The van der Waals surface area contributed by atoms with Crippen molar-refractivity contribution in [2.24, 2.45) is 0 Å². The number of hydrogen-bond acceptors (Lipinski definition) is 7. The summed E-state index contributed by atoms with van der Waals surface area (Å²) >= 11 is 0. The maximum Gasteiger partial charge on any atom is 0.254 e. The summed E-state index contributed by atoms with van der Waals surface area (Å²) in [6, 6.07) is 19.7. The maximum atomic E-state index is 13.7. The molecule has 6 rings (SSSR count). The minimum Gasteiger partial charge on any atom is -0.357 e. The molecule has 6 atom stereocenters. The lowest BCUT2D eigenvalue weighted by Gasteiger charge is -2.39. The molecule has 9 heteroatoms. The van der Waals surface area contributed by atoms with Gasteiger partial charge >= 0.3 is 0 Å². The number of fused-ring (bicyclic) bond motifs is 4. The second-order valence-corrected chi connectivity index (χ2v) is 9.49. The Hall–Kier alpha value is -2.82. The van der Waals surface area contributed by atoms with Crippen molar-refractivity contribution in [2.75, 3.05) is 33.2 Å². The second kappa shape index (κ2) is 9.00. The Morgan fingerprint density at radius 3 is 2.40 bits per heavy atom. The van der Waals surface area contributed by atoms with Gasteiger partial charge in [-0.15, -0.1) is 0 Å². The van der Waals surface area contributed by atoms with Crippen LogP contribution in [0.1, 0.15) is 11.1 Å². The lowest BCUT2D eigenvalue weighted by atomic mass is 10.0. The van der Waals surface area contributed by atoms with E-state index in [2.05, 4.69) is 22.3 Å². The van der Waals surface area contributed by atoms with Crippen LogP contribution in [0.2, 0.25) is 0 Å². The minimum absolute atomic E-state index is 0.158. The van der Waals surface area contributed by atoms with Gasteiger partial charge in [0.15, 0.2) is 18.5 Å². The topological polar surface area (TPSA) is 89.6 Å². The number of likely N-dealkylation sites (N-methyl/N-ethyl adjacent to an activating group) is 1. The predicted octanol–water partition coefficient (Wildman–Crippen LogP) is 0.838. The smallest absolute Gasteiger partial charge is 0.254 e. The molecule has 35 heavy (non-hydrogen) atoms. The third-order valence-electron chi connectivity index (χ3n) is 7.13. The number of nitrogens with zero attached hydrogens (tertiary/aromatic N) is 2. The molecule has 4 saturated heterocycles. The zero-order valence-corrected chi connectivity index (χ0v) is 19.5. The lowest BCUT2D eigenvalue weighted by Crippen LogP contribution is -2.56. The van der Waals surface area contributed by atoms with Gasteiger partial charge in [0.2, 0.25) is 5.79 Å². The summed E-state index contributed by atoms with van der Waals surface area (Å²) in [5.74, 6) is -1.63. The van der Waals surface area contributed by atoms with Gasteiger partial charge in [0.05, 0.1) is 19.6 Å². The van der Waals surface area contributed by atoms with Gasteiger partial charge < -0.3 is 29.2 Å². The number of morpholine rings is 2. The summed E-state index contributed by atoms with van der Waals surface area (Å²) in [6.07, 6.45) is -2.89. The molecule has 0 aliphatic carbocycles. The summed E-state index contributed by atoms with van der Waals surface area (Å²) in [7, 11) is 1.57. The Morgan fingerprint density at radius 1 is 0.914 bits per heavy atom. The average Bonchev–Trinajstić information content (AvgIpc) is 3.35. The molecule has 4 aliphatic heterocycles. The molecule has 2 amide bonds. The van der Waals surface area contributed by atoms with Crippen molar-refractivity contribution in [2.45, 2.75) is 43.0 Å². The highest BCUT2D eigenvalue weighted by atomic mass is 16.8. The SMILES string of the molecule is CNC(=O)[C@@H]1O[C@]2(c3ccccc3)CN(C(=O)[C@@H]3O[C@@H]4CN(Cc5ccccc5)C[C@H]3O4)C[C@H]1O2. The summed E-state index contributed by atoms with van der Waals surface area (Å²) in [6.45, 7) is 2.41. The van der Waals surface area contributed by atoms with E-state index in [0.717, 1.165) is 12.1 Å². The molecule has 2 aromatic carbocycles. The van der Waals surface area contributed by atoms with Crippen molar-refractivity contribution in [3.8, 4) is 0 Å². The highest BCUT2D eigenvalue weighted by molar-refractivity contribution is 5.84. The zero-order chi connectivity index (χ0) is 24.0. The predicted molar refractivity (Wildman–Crippen MR) is 124 cm³/mol. The van der Waals surface area contributed by atoms with Gasteiger partial charge in [-0.25, -0.2) is 0 Å². The van der Waals surface area contributed by atoms with Gasteiger partial charge in [-0.1, -0.05) is 60.7 Å². The van der Waals surface area contributed by atoms with E-state index in [0.29, 0.717) is 13.1 Å². The quantitative estimate of drug-likeness (QED) is 0.680. The van der Waals surface area contributed by atoms with Crippen LogP contribution in [0.5, 0.6) is 0 Å². The molecule has 2 aromatic rings. The first kappa shape index (κ1) is 22.6. The van der Waals surface area contributed by atoms with E-state index in [1.54, 1.807) is 11.9 Å². The average molecular weight is 480 g/mol. The molecule has 4 fully saturated rings. The summed E-state index contributed by atoms with van der Waals surface area (Å²) in [4.78, 5) is 30.2. The van der Waals surface area contributed by atoms with Crippen LogP contribution < -0.4 is 5.32 Å². The number of amides is 2. The second-order valence-electron chi connectivity index (χ2n) is 9.49. The van der Waals surface area contributed by atoms with Gasteiger partial charge in [-0.05, 0) is 5.56 Å². The number of rotatable bonds is 5. The van der Waals surface area contributed by atoms with Crippen LogP contribution in [0.3, 0.4) is 0 Å². The van der Waals surface area contributed by atoms with E-state index in [-0.39, 0.29) is 31.0 Å². The standard InChI is InChI=1S/C26H29N3O6/c1-27-24(30)22-20-14-29(16-26(34-20,35-22)18-10-6-3-7-11-18)25(31)23-19-13-28(15-21(32-19)33-23)12-17-8-4-2-5-9-17/h2-11,19-23H,12-16H2,1H3,(H,27,30)/t19-,20-,21-,22-,23-,26+/m1/s1. The molecule has 0 aromatic heterocycles. The van der Waals surface area contributed by atoms with Gasteiger partial charge in [-0.3, -0.25) is 14.5 Å². The van der Waals surface area contributed by atoms with E-state index in [1.807, 2.05) is 48.5 Å². The fourth-order valence-electron chi connectivity index (χ4n) is 5.49. The Balaban J connectivity index is 1.20. The Bertz CT molecular complexity index is 1090. The van der Waals surface area contributed by atoms with E-state index in [4.69, 9.17) is 18.9 Å². The summed E-state index contributed by atoms with van der Waals surface area (Å²) in [5.41, 5.74) is 1.98. The molecule has 4 bridgehead atoms. The van der Waals surface area contributed by atoms with E-state index < -0.39 is 30.4 Å². The van der Waals surface area contributed by atoms with Gasteiger partial charge in [-0.2, -0.15) is 0 Å². The minimum atomic E-state index is -1.20. The van der Waals surface area contributed by atoms with Crippen molar-refractivity contribution >= 4 is 11.8 Å². The number of benzene rings is 2. The molecule has 0 spiro atoms. The van der Waals surface area contributed by atoms with Gasteiger partial charge in [0.25, 0.3) is 11.8 Å². The fraction of sp³-hybridized carbons (Fsp3) is 0.462. The first-order valence-electron chi connectivity index (χ1n) is 12.0. The number of carbonyl (C=O) groups excluding carboxylic acids is 2. The van der Waals surface area contributed by atoms with Gasteiger partial charge in [0.1, 0.15) is 12.2 Å². The van der Waals surface area contributed by atoms with E-state index in [9.17, 15) is 9.59 Å². The molecule has 9 nitrogen and oxygen atoms in total. The number of nitrogens with one attached hydrogen (secondary N) is 1.